The molecule has 0 nitrogen and oxygen atoms in total. The predicted molar refractivity (Wildman–Crippen MR) is 46.5 cm³/mol. The Bertz CT molecular complexity index is 231. The van der Waals surface area contributed by atoms with Crippen molar-refractivity contribution in [2.24, 2.45) is 0 Å². The summed E-state index contributed by atoms with van der Waals surface area (Å²) >= 11 is 6.30. The molecule has 0 spiro atoms. The van der Waals surface area contributed by atoms with E-state index in [0.717, 1.165) is 4.47 Å². The second kappa shape index (κ2) is 3.01. The van der Waals surface area contributed by atoms with Crippen molar-refractivity contribution in [2.45, 2.75) is 6.92 Å². The van der Waals surface area contributed by atoms with Gasteiger partial charge in [-0.05, 0) is 50.4 Å². The van der Waals surface area contributed by atoms with Gasteiger partial charge in [-0.15, -0.1) is 0 Å². The Hall–Kier alpha value is 0.110. The third-order valence-electron chi connectivity index (χ3n) is 1.23. The Morgan fingerprint density at radius 2 is 1.90 bits per heavy atom. The molecule has 0 N–H and O–H groups in total. The summed E-state index contributed by atoms with van der Waals surface area (Å²) in [5.74, 6) is -0.200. The molecule has 0 saturated carbocycles. The maximum Gasteiger partial charge on any atom is 0.141 e. The molecule has 0 saturated heterocycles. The molecule has 0 atom stereocenters. The first-order chi connectivity index (χ1) is 4.63. The maximum atomic E-state index is 12.9. The molecule has 1 aromatic carbocycles. The van der Waals surface area contributed by atoms with Crippen LogP contribution in [0, 0.1) is 12.7 Å². The number of rotatable bonds is 0. The summed E-state index contributed by atoms with van der Waals surface area (Å²) in [4.78, 5) is 0. The smallest absolute Gasteiger partial charge is 0.141 e. The number of hydrogen-bond acceptors (Lipinski definition) is 0. The summed E-state index contributed by atoms with van der Waals surface area (Å²) in [7, 11) is 0. The predicted octanol–water partition coefficient (Wildman–Crippen LogP) is 3.66. The Kier molecular flexibility index (Phi) is 2.47. The average Bonchev–Trinajstić information content (AvgIpc) is 1.93. The maximum absolute atomic E-state index is 12.9. The van der Waals surface area contributed by atoms with Crippen LogP contribution in [0.2, 0.25) is 0 Å². The molecule has 54 valence electrons. The molecule has 0 aliphatic rings. The monoisotopic (exact) mass is 266 g/mol. The summed E-state index contributed by atoms with van der Waals surface area (Å²) in [5, 5.41) is 0. The minimum absolute atomic E-state index is 0.200. The van der Waals surface area contributed by atoms with Crippen LogP contribution in [0.15, 0.2) is 21.1 Å². The lowest BCUT2D eigenvalue weighted by atomic mass is 10.2. The Labute approximate surface area is 75.7 Å². The second-order valence-electron chi connectivity index (χ2n) is 1.99. The highest BCUT2D eigenvalue weighted by Gasteiger charge is 2.04. The van der Waals surface area contributed by atoms with Crippen molar-refractivity contribution >= 4 is 31.9 Å². The highest BCUT2D eigenvalue weighted by atomic mass is 79.9. The van der Waals surface area contributed by atoms with Crippen molar-refractivity contribution in [1.29, 1.82) is 0 Å². The second-order valence-corrected chi connectivity index (χ2v) is 3.64. The SMILES string of the molecule is Cc1ccc(Br)c(Br)c1F. The highest BCUT2D eigenvalue weighted by molar-refractivity contribution is 9.13. The summed E-state index contributed by atoms with van der Waals surface area (Å²) in [6, 6.07) is 3.53. The number of benzene rings is 1. The van der Waals surface area contributed by atoms with E-state index in [-0.39, 0.29) is 5.82 Å². The summed E-state index contributed by atoms with van der Waals surface area (Å²) < 4.78 is 14.2. The standard InChI is InChI=1S/C7H5Br2F/c1-4-2-3-5(8)6(9)7(4)10/h2-3H,1H3. The first-order valence-corrected chi connectivity index (χ1v) is 4.31. The van der Waals surface area contributed by atoms with E-state index in [1.807, 2.05) is 6.07 Å². The molecule has 0 radical (unpaired) electrons. The molecule has 0 amide bonds. The zero-order valence-corrected chi connectivity index (χ0v) is 8.46. The van der Waals surface area contributed by atoms with Crippen LogP contribution >= 0.6 is 31.9 Å². The van der Waals surface area contributed by atoms with Gasteiger partial charge in [0.2, 0.25) is 0 Å². The Morgan fingerprint density at radius 1 is 1.30 bits per heavy atom. The van der Waals surface area contributed by atoms with Gasteiger partial charge < -0.3 is 0 Å². The summed E-state index contributed by atoms with van der Waals surface area (Å²) in [6.07, 6.45) is 0. The highest BCUT2D eigenvalue weighted by Crippen LogP contribution is 2.27. The van der Waals surface area contributed by atoms with Crippen LogP contribution in [0.3, 0.4) is 0 Å². The Balaban J connectivity index is 3.34. The Morgan fingerprint density at radius 3 is 2.40 bits per heavy atom. The van der Waals surface area contributed by atoms with Gasteiger partial charge in [0.1, 0.15) is 5.82 Å². The van der Waals surface area contributed by atoms with Crippen LogP contribution in [0.1, 0.15) is 5.56 Å². The minimum atomic E-state index is -0.200. The van der Waals surface area contributed by atoms with Crippen LogP contribution in [0.4, 0.5) is 4.39 Å². The van der Waals surface area contributed by atoms with Crippen molar-refractivity contribution in [3.8, 4) is 0 Å². The summed E-state index contributed by atoms with van der Waals surface area (Å²) in [5.41, 5.74) is 0.648. The van der Waals surface area contributed by atoms with Gasteiger partial charge in [0.25, 0.3) is 0 Å². The minimum Gasteiger partial charge on any atom is -0.205 e. The molecule has 0 heterocycles. The van der Waals surface area contributed by atoms with E-state index in [4.69, 9.17) is 0 Å². The lowest BCUT2D eigenvalue weighted by Gasteiger charge is -1.99. The van der Waals surface area contributed by atoms with Gasteiger partial charge in [-0.1, -0.05) is 6.07 Å². The van der Waals surface area contributed by atoms with E-state index in [1.165, 1.54) is 0 Å². The lowest BCUT2D eigenvalue weighted by Crippen LogP contribution is -1.83. The van der Waals surface area contributed by atoms with E-state index in [2.05, 4.69) is 31.9 Å². The number of hydrogen-bond donors (Lipinski definition) is 0. The normalized spacial score (nSPS) is 10.0. The molecular weight excluding hydrogens is 263 g/mol. The van der Waals surface area contributed by atoms with Gasteiger partial charge in [-0.3, -0.25) is 0 Å². The van der Waals surface area contributed by atoms with Crippen molar-refractivity contribution < 1.29 is 4.39 Å². The van der Waals surface area contributed by atoms with Crippen LogP contribution in [-0.2, 0) is 0 Å². The quantitative estimate of drug-likeness (QED) is 0.630. The average molecular weight is 268 g/mol. The molecule has 0 aromatic heterocycles. The van der Waals surface area contributed by atoms with Gasteiger partial charge in [0, 0.05) is 4.47 Å². The molecule has 1 aromatic rings. The van der Waals surface area contributed by atoms with Crippen molar-refractivity contribution in [3.63, 3.8) is 0 Å². The number of aryl methyl sites for hydroxylation is 1. The van der Waals surface area contributed by atoms with E-state index >= 15 is 0 Å². The van der Waals surface area contributed by atoms with Crippen LogP contribution in [0.5, 0.6) is 0 Å². The largest absolute Gasteiger partial charge is 0.205 e. The van der Waals surface area contributed by atoms with Gasteiger partial charge in [-0.25, -0.2) is 4.39 Å². The number of halogens is 3. The first-order valence-electron chi connectivity index (χ1n) is 2.73. The topological polar surface area (TPSA) is 0 Å². The van der Waals surface area contributed by atoms with Crippen molar-refractivity contribution in [1.82, 2.24) is 0 Å². The molecule has 1 rings (SSSR count). The van der Waals surface area contributed by atoms with E-state index in [0.29, 0.717) is 10.0 Å². The van der Waals surface area contributed by atoms with E-state index < -0.39 is 0 Å². The van der Waals surface area contributed by atoms with Gasteiger partial charge in [0.15, 0.2) is 0 Å². The van der Waals surface area contributed by atoms with Crippen LogP contribution in [-0.4, -0.2) is 0 Å². The fourth-order valence-corrected chi connectivity index (χ4v) is 1.37. The molecular formula is C7H5Br2F. The van der Waals surface area contributed by atoms with Crippen LogP contribution < -0.4 is 0 Å². The summed E-state index contributed by atoms with van der Waals surface area (Å²) in [6.45, 7) is 1.73. The van der Waals surface area contributed by atoms with Gasteiger partial charge in [0.05, 0.1) is 4.47 Å². The van der Waals surface area contributed by atoms with Crippen molar-refractivity contribution in [3.05, 3.63) is 32.5 Å². The molecule has 3 heteroatoms. The third kappa shape index (κ3) is 1.40. The lowest BCUT2D eigenvalue weighted by molar-refractivity contribution is 0.610. The van der Waals surface area contributed by atoms with Gasteiger partial charge in [-0.2, -0.15) is 0 Å². The molecule has 0 aliphatic carbocycles. The zero-order chi connectivity index (χ0) is 7.72. The fourth-order valence-electron chi connectivity index (χ4n) is 0.622. The van der Waals surface area contributed by atoms with Crippen LogP contribution in [0.25, 0.3) is 0 Å². The van der Waals surface area contributed by atoms with Crippen molar-refractivity contribution in [2.75, 3.05) is 0 Å². The molecule has 0 bridgehead atoms. The van der Waals surface area contributed by atoms with E-state index in [1.54, 1.807) is 13.0 Å². The first kappa shape index (κ1) is 8.21. The molecule has 0 fully saturated rings. The molecule has 10 heavy (non-hydrogen) atoms. The van der Waals surface area contributed by atoms with E-state index in [9.17, 15) is 4.39 Å². The third-order valence-corrected chi connectivity index (χ3v) is 3.20. The zero-order valence-electron chi connectivity index (χ0n) is 5.29. The fraction of sp³-hybridized carbons (Fsp3) is 0.143. The van der Waals surface area contributed by atoms with Gasteiger partial charge >= 0.3 is 0 Å². The molecule has 0 unspecified atom stereocenters. The molecule has 0 aliphatic heterocycles.